The second-order valence-corrected chi connectivity index (χ2v) is 8.15. The summed E-state index contributed by atoms with van der Waals surface area (Å²) < 4.78 is 5.62. The van der Waals surface area contributed by atoms with Crippen molar-refractivity contribution in [2.75, 3.05) is 33.0 Å². The summed E-state index contributed by atoms with van der Waals surface area (Å²) in [6, 6.07) is 0. The number of nitrogens with zero attached hydrogens (tertiary/aromatic N) is 1. The predicted molar refractivity (Wildman–Crippen MR) is 96.6 cm³/mol. The Morgan fingerprint density at radius 1 is 1.23 bits per heavy atom. The zero-order chi connectivity index (χ0) is 17.9. The quantitative estimate of drug-likeness (QED) is 0.595. The molecule has 0 spiro atoms. The van der Waals surface area contributed by atoms with Gasteiger partial charge in [-0.25, -0.2) is 0 Å². The van der Waals surface area contributed by atoms with E-state index in [-0.39, 0.29) is 23.8 Å². The molecule has 4 nitrogen and oxygen atoms in total. The summed E-state index contributed by atoms with van der Waals surface area (Å²) in [6.45, 7) is 16.7. The largest absolute Gasteiger partial charge is 0.350 e. The van der Waals surface area contributed by atoms with Gasteiger partial charge in [-0.2, -0.15) is 0 Å². The number of carbonyl (C=O) groups is 2. The molecule has 0 aliphatic heterocycles. The summed E-state index contributed by atoms with van der Waals surface area (Å²) in [5, 5.41) is 0. The average Bonchev–Trinajstić information content (AvgIpc) is 2.50. The van der Waals surface area contributed by atoms with Gasteiger partial charge in [-0.15, -0.1) is 0 Å². The van der Waals surface area contributed by atoms with Crippen LogP contribution in [0, 0.1) is 11.3 Å². The van der Waals surface area contributed by atoms with Crippen molar-refractivity contribution in [1.29, 1.82) is 0 Å². The summed E-state index contributed by atoms with van der Waals surface area (Å²) >= 11 is 0. The van der Waals surface area contributed by atoms with Crippen molar-refractivity contribution < 1.29 is 14.1 Å². The van der Waals surface area contributed by atoms with E-state index in [2.05, 4.69) is 0 Å². The Bertz CT molecular complexity index is 330. The maximum Gasteiger partial charge on any atom is 0.248 e. The fourth-order valence-electron chi connectivity index (χ4n) is 1.86. The predicted octanol–water partition coefficient (Wildman–Crippen LogP) is 4.18. The number of likely N-dealkylation sites (N-methyl/N-ethyl adjacent to an activating group) is 1. The van der Waals surface area contributed by atoms with Gasteiger partial charge in [0.05, 0.1) is 0 Å². The molecule has 0 rings (SSSR count). The summed E-state index contributed by atoms with van der Waals surface area (Å²) in [5.41, 5.74) is -0.307. The van der Waals surface area contributed by atoms with Gasteiger partial charge >= 0.3 is 0 Å². The minimum atomic E-state index is -0.651. The van der Waals surface area contributed by atoms with Crippen molar-refractivity contribution in [2.24, 2.45) is 11.3 Å². The van der Waals surface area contributed by atoms with E-state index < -0.39 is 8.15 Å². The molecule has 0 saturated carbocycles. The zero-order valence-electron chi connectivity index (χ0n) is 16.0. The number of hydrogen-bond acceptors (Lipinski definition) is 3. The smallest absolute Gasteiger partial charge is 0.248 e. The molecule has 0 heterocycles. The van der Waals surface area contributed by atoms with Crippen molar-refractivity contribution >= 4 is 19.8 Å². The SMILES string of the molecule is CC.CCN(C)C(=O)COP(C)CCC(C)(C)C(=O)C(C)C. The molecule has 0 fully saturated rings. The van der Waals surface area contributed by atoms with Crippen LogP contribution in [-0.4, -0.2) is 49.6 Å². The molecule has 1 unspecified atom stereocenters. The van der Waals surface area contributed by atoms with E-state index in [9.17, 15) is 9.59 Å². The maximum absolute atomic E-state index is 12.1. The lowest BCUT2D eigenvalue weighted by Gasteiger charge is -2.26. The van der Waals surface area contributed by atoms with Crippen molar-refractivity contribution in [3.8, 4) is 0 Å². The molecule has 0 aromatic rings. The van der Waals surface area contributed by atoms with E-state index in [4.69, 9.17) is 4.52 Å². The molecule has 0 aliphatic rings. The normalized spacial score (nSPS) is 12.5. The summed E-state index contributed by atoms with van der Waals surface area (Å²) in [7, 11) is 1.12. The number of hydrogen-bond donors (Lipinski definition) is 0. The Balaban J connectivity index is 0. The molecule has 0 radical (unpaired) electrons. The first-order valence-corrected chi connectivity index (χ1v) is 10.1. The highest BCUT2D eigenvalue weighted by molar-refractivity contribution is 7.51. The van der Waals surface area contributed by atoms with Crippen LogP contribution in [0.25, 0.3) is 0 Å². The number of amides is 1. The highest BCUT2D eigenvalue weighted by Crippen LogP contribution is 2.37. The van der Waals surface area contributed by atoms with E-state index >= 15 is 0 Å². The molecule has 0 aromatic carbocycles. The van der Waals surface area contributed by atoms with Crippen molar-refractivity contribution in [1.82, 2.24) is 4.90 Å². The van der Waals surface area contributed by atoms with E-state index in [0.29, 0.717) is 12.3 Å². The monoisotopic (exact) mass is 333 g/mol. The Morgan fingerprint density at radius 2 is 1.73 bits per heavy atom. The lowest BCUT2D eigenvalue weighted by molar-refractivity contribution is -0.132. The topological polar surface area (TPSA) is 46.6 Å². The van der Waals surface area contributed by atoms with Gasteiger partial charge in [-0.1, -0.05) is 41.5 Å². The number of ketones is 1. The number of Topliss-reactive ketones (excluding diaryl/α,β-unsaturated/α-hetero) is 1. The van der Waals surface area contributed by atoms with Gasteiger partial charge < -0.3 is 9.42 Å². The highest BCUT2D eigenvalue weighted by Gasteiger charge is 2.29. The molecule has 0 bridgehead atoms. The molecule has 0 N–H and O–H groups in total. The summed E-state index contributed by atoms with van der Waals surface area (Å²) in [5.74, 6) is 0.371. The molecule has 0 saturated heterocycles. The van der Waals surface area contributed by atoms with Crippen LogP contribution in [0.5, 0.6) is 0 Å². The average molecular weight is 333 g/mol. The van der Waals surface area contributed by atoms with Gasteiger partial charge in [0, 0.05) is 33.1 Å². The molecule has 132 valence electrons. The third kappa shape index (κ3) is 9.53. The van der Waals surface area contributed by atoms with E-state index in [1.807, 2.05) is 55.1 Å². The van der Waals surface area contributed by atoms with Crippen LogP contribution in [-0.2, 0) is 14.1 Å². The van der Waals surface area contributed by atoms with Gasteiger partial charge in [0.25, 0.3) is 0 Å². The molecule has 22 heavy (non-hydrogen) atoms. The lowest BCUT2D eigenvalue weighted by Crippen LogP contribution is -2.30. The van der Waals surface area contributed by atoms with Gasteiger partial charge in [-0.3, -0.25) is 9.59 Å². The van der Waals surface area contributed by atoms with Crippen molar-refractivity contribution in [3.63, 3.8) is 0 Å². The highest BCUT2D eigenvalue weighted by atomic mass is 31.1. The molecule has 1 atom stereocenters. The maximum atomic E-state index is 12.1. The van der Waals surface area contributed by atoms with Crippen LogP contribution in [0.15, 0.2) is 0 Å². The second-order valence-electron chi connectivity index (χ2n) is 6.19. The zero-order valence-corrected chi connectivity index (χ0v) is 16.9. The first kappa shape index (κ1) is 23.8. The fraction of sp³-hybridized carbons (Fsp3) is 0.882. The van der Waals surface area contributed by atoms with Gasteiger partial charge in [0.15, 0.2) is 0 Å². The van der Waals surface area contributed by atoms with Gasteiger partial charge in [0.2, 0.25) is 5.91 Å². The van der Waals surface area contributed by atoms with Gasteiger partial charge in [-0.05, 0) is 26.2 Å². The van der Waals surface area contributed by atoms with Crippen LogP contribution in [0.1, 0.15) is 54.9 Å². The van der Waals surface area contributed by atoms with E-state index in [1.54, 1.807) is 11.9 Å². The van der Waals surface area contributed by atoms with Crippen LogP contribution in [0.4, 0.5) is 0 Å². The summed E-state index contributed by atoms with van der Waals surface area (Å²) in [4.78, 5) is 25.4. The molecule has 0 aromatic heterocycles. The molecular weight excluding hydrogens is 297 g/mol. The molecule has 5 heteroatoms. The van der Waals surface area contributed by atoms with Crippen LogP contribution in [0.3, 0.4) is 0 Å². The van der Waals surface area contributed by atoms with E-state index in [1.165, 1.54) is 0 Å². The first-order valence-electron chi connectivity index (χ1n) is 8.24. The molecule has 0 aliphatic carbocycles. The Labute approximate surface area is 138 Å². The van der Waals surface area contributed by atoms with Crippen LogP contribution < -0.4 is 0 Å². The molecule has 1 amide bonds. The van der Waals surface area contributed by atoms with Crippen molar-refractivity contribution in [2.45, 2.75) is 54.9 Å². The lowest BCUT2D eigenvalue weighted by atomic mass is 9.80. The Morgan fingerprint density at radius 3 is 2.14 bits per heavy atom. The van der Waals surface area contributed by atoms with Gasteiger partial charge in [0.1, 0.15) is 12.4 Å². The number of carbonyl (C=O) groups excluding carboxylic acids is 2. The van der Waals surface area contributed by atoms with E-state index in [0.717, 1.165) is 12.6 Å². The fourth-order valence-corrected chi connectivity index (χ4v) is 3.19. The van der Waals surface area contributed by atoms with Crippen LogP contribution >= 0.6 is 8.15 Å². The van der Waals surface area contributed by atoms with Crippen molar-refractivity contribution in [3.05, 3.63) is 0 Å². The minimum absolute atomic E-state index is 0.0133. The minimum Gasteiger partial charge on any atom is -0.350 e. The van der Waals surface area contributed by atoms with Crippen LogP contribution in [0.2, 0.25) is 0 Å². The number of rotatable bonds is 9. The summed E-state index contributed by atoms with van der Waals surface area (Å²) in [6.07, 6.45) is 1.66. The third-order valence-corrected chi connectivity index (χ3v) is 4.97. The Kier molecular flexibility index (Phi) is 13.0. The molecular formula is C17H36NO3P. The first-order chi connectivity index (χ1) is 10.1. The Hall–Kier alpha value is -0.470. The third-order valence-electron chi connectivity index (χ3n) is 3.55. The second kappa shape index (κ2) is 12.0. The standard InChI is InChI=1S/C15H30NO3P.C2H6/c1-8-16(6)13(17)11-19-20(7)10-9-15(4,5)14(18)12(2)3;1-2/h12H,8-11H2,1-7H3;1-2H3.